The third-order valence-corrected chi connectivity index (χ3v) is 6.59. The molecule has 4 aromatic rings. The molecule has 2 aromatic heterocycles. The van der Waals surface area contributed by atoms with Crippen LogP contribution in [0.15, 0.2) is 53.5 Å². The van der Waals surface area contributed by atoms with Gasteiger partial charge < -0.3 is 20.6 Å². The maximum Gasteiger partial charge on any atom is 0.253 e. The lowest BCUT2D eigenvalue weighted by molar-refractivity contribution is 0.0952. The van der Waals surface area contributed by atoms with Crippen LogP contribution in [0.3, 0.4) is 0 Å². The number of nitrogens with two attached hydrogens (primary N) is 1. The van der Waals surface area contributed by atoms with Crippen molar-refractivity contribution in [3.8, 4) is 11.1 Å². The van der Waals surface area contributed by atoms with E-state index in [1.807, 2.05) is 51.1 Å². The van der Waals surface area contributed by atoms with Crippen molar-refractivity contribution in [1.29, 1.82) is 0 Å². The van der Waals surface area contributed by atoms with Crippen molar-refractivity contribution in [2.75, 3.05) is 0 Å². The van der Waals surface area contributed by atoms with Crippen LogP contribution in [0.2, 0.25) is 0 Å². The number of amides is 1. The normalized spacial score (nSPS) is 11.4. The van der Waals surface area contributed by atoms with E-state index in [-0.39, 0.29) is 24.1 Å². The number of rotatable bonds is 7. The first kappa shape index (κ1) is 24.5. The molecule has 4 N–H and O–H groups in total. The maximum absolute atomic E-state index is 13.6. The van der Waals surface area contributed by atoms with Crippen LogP contribution in [0.4, 0.5) is 0 Å². The summed E-state index contributed by atoms with van der Waals surface area (Å²) in [5.41, 5.74) is 13.8. The number of benzene rings is 2. The van der Waals surface area contributed by atoms with Crippen LogP contribution in [0, 0.1) is 13.8 Å². The molecule has 6 heteroatoms. The largest absolute Gasteiger partial charge is 0.348 e. The fourth-order valence-electron chi connectivity index (χ4n) is 4.80. The number of nitrogens with zero attached hydrogens (tertiary/aromatic N) is 1. The van der Waals surface area contributed by atoms with E-state index in [0.29, 0.717) is 17.7 Å². The topological polar surface area (TPSA) is 92.9 Å². The molecule has 6 nitrogen and oxygen atoms in total. The summed E-state index contributed by atoms with van der Waals surface area (Å²) in [7, 11) is 0. The molecule has 0 bridgehead atoms. The van der Waals surface area contributed by atoms with Crippen LogP contribution in [-0.2, 0) is 19.5 Å². The molecule has 0 saturated heterocycles. The van der Waals surface area contributed by atoms with Gasteiger partial charge in [0, 0.05) is 53.1 Å². The quantitative estimate of drug-likeness (QED) is 0.349. The first-order chi connectivity index (χ1) is 16.7. The van der Waals surface area contributed by atoms with Crippen LogP contribution < -0.4 is 16.6 Å². The smallest absolute Gasteiger partial charge is 0.253 e. The summed E-state index contributed by atoms with van der Waals surface area (Å²) in [6, 6.07) is 14.4. The van der Waals surface area contributed by atoms with E-state index in [9.17, 15) is 9.59 Å². The van der Waals surface area contributed by atoms with Crippen LogP contribution in [0.5, 0.6) is 0 Å². The zero-order valence-corrected chi connectivity index (χ0v) is 21.2. The number of carbonyl (C=O) groups excluding carboxylic acids is 1. The van der Waals surface area contributed by atoms with Gasteiger partial charge in [-0.3, -0.25) is 9.59 Å². The van der Waals surface area contributed by atoms with Gasteiger partial charge in [-0.1, -0.05) is 25.1 Å². The summed E-state index contributed by atoms with van der Waals surface area (Å²) in [6.07, 6.45) is 2.83. The summed E-state index contributed by atoms with van der Waals surface area (Å²) in [5.74, 6) is -0.196. The van der Waals surface area contributed by atoms with Crippen LogP contribution in [-0.4, -0.2) is 15.5 Å². The minimum Gasteiger partial charge on any atom is -0.348 e. The minimum atomic E-state index is -0.196. The standard InChI is InChI=1S/C29H34N4O2/c1-6-21-10-19(5)32-29(35)25(21)15-31-28(34)24-12-23(22-9-7-8-20(11-22)14-30)13-26-27(24)18(4)16-33(26)17(2)3/h7-13,16-17H,6,14-15,30H2,1-5H3,(H,31,34)(H,32,35). The highest BCUT2D eigenvalue weighted by Gasteiger charge is 2.19. The Morgan fingerprint density at radius 2 is 1.89 bits per heavy atom. The number of hydrogen-bond acceptors (Lipinski definition) is 3. The van der Waals surface area contributed by atoms with E-state index < -0.39 is 0 Å². The van der Waals surface area contributed by atoms with Crippen molar-refractivity contribution in [3.63, 3.8) is 0 Å². The molecule has 0 fully saturated rings. The van der Waals surface area contributed by atoms with Gasteiger partial charge in [0.15, 0.2) is 0 Å². The fraction of sp³-hybridized carbons (Fsp3) is 0.310. The molecule has 35 heavy (non-hydrogen) atoms. The second-order valence-electron chi connectivity index (χ2n) is 9.46. The van der Waals surface area contributed by atoms with E-state index in [4.69, 9.17) is 5.73 Å². The summed E-state index contributed by atoms with van der Waals surface area (Å²) in [5, 5.41) is 3.95. The lowest BCUT2D eigenvalue weighted by Gasteiger charge is -2.14. The highest BCUT2D eigenvalue weighted by molar-refractivity contribution is 6.09. The van der Waals surface area contributed by atoms with E-state index in [1.165, 1.54) is 0 Å². The lowest BCUT2D eigenvalue weighted by atomic mass is 9.97. The van der Waals surface area contributed by atoms with E-state index in [1.54, 1.807) is 0 Å². The molecule has 2 aromatic carbocycles. The van der Waals surface area contributed by atoms with E-state index in [2.05, 4.69) is 47.0 Å². The highest BCUT2D eigenvalue weighted by Crippen LogP contribution is 2.33. The summed E-state index contributed by atoms with van der Waals surface area (Å²) >= 11 is 0. The molecule has 0 aliphatic rings. The molecule has 0 aliphatic carbocycles. The Labute approximate surface area is 206 Å². The second-order valence-corrected chi connectivity index (χ2v) is 9.46. The summed E-state index contributed by atoms with van der Waals surface area (Å²) in [6.45, 7) is 10.8. The van der Waals surface area contributed by atoms with Gasteiger partial charge in [0.25, 0.3) is 11.5 Å². The van der Waals surface area contributed by atoms with Gasteiger partial charge in [0.2, 0.25) is 0 Å². The number of aromatic amines is 1. The molecular weight excluding hydrogens is 436 g/mol. The molecule has 182 valence electrons. The molecular formula is C29H34N4O2. The number of pyridine rings is 1. The number of aromatic nitrogens is 2. The van der Waals surface area contributed by atoms with Crippen molar-refractivity contribution in [2.45, 2.75) is 60.2 Å². The summed E-state index contributed by atoms with van der Waals surface area (Å²) < 4.78 is 2.21. The third kappa shape index (κ3) is 4.80. The zero-order chi connectivity index (χ0) is 25.3. The van der Waals surface area contributed by atoms with Gasteiger partial charge in [-0.25, -0.2) is 0 Å². The third-order valence-electron chi connectivity index (χ3n) is 6.59. The monoisotopic (exact) mass is 470 g/mol. The Balaban J connectivity index is 1.81. The molecule has 2 heterocycles. The van der Waals surface area contributed by atoms with Gasteiger partial charge in [-0.15, -0.1) is 0 Å². The average Bonchev–Trinajstić information content (AvgIpc) is 3.19. The molecule has 1 amide bonds. The van der Waals surface area contributed by atoms with Gasteiger partial charge in [-0.05, 0) is 86.2 Å². The maximum atomic E-state index is 13.6. The van der Waals surface area contributed by atoms with Crippen molar-refractivity contribution in [3.05, 3.63) is 92.5 Å². The lowest BCUT2D eigenvalue weighted by Crippen LogP contribution is -2.28. The zero-order valence-electron chi connectivity index (χ0n) is 21.2. The van der Waals surface area contributed by atoms with Gasteiger partial charge in [0.1, 0.15) is 0 Å². The highest BCUT2D eigenvalue weighted by atomic mass is 16.1. The predicted molar refractivity (Wildman–Crippen MR) is 143 cm³/mol. The van der Waals surface area contributed by atoms with Crippen molar-refractivity contribution in [2.24, 2.45) is 5.73 Å². The molecule has 0 unspecified atom stereocenters. The Kier molecular flexibility index (Phi) is 6.94. The molecule has 0 radical (unpaired) electrons. The number of aryl methyl sites for hydroxylation is 3. The Bertz CT molecular complexity index is 1460. The Morgan fingerprint density at radius 1 is 1.11 bits per heavy atom. The molecule has 0 atom stereocenters. The molecule has 0 spiro atoms. The van der Waals surface area contributed by atoms with E-state index in [0.717, 1.165) is 50.8 Å². The first-order valence-electron chi connectivity index (χ1n) is 12.2. The summed E-state index contributed by atoms with van der Waals surface area (Å²) in [4.78, 5) is 29.0. The molecule has 4 rings (SSSR count). The minimum absolute atomic E-state index is 0.151. The molecule has 0 aliphatic heterocycles. The Hall–Kier alpha value is -3.64. The van der Waals surface area contributed by atoms with Crippen molar-refractivity contribution >= 4 is 16.8 Å². The van der Waals surface area contributed by atoms with Gasteiger partial charge in [-0.2, -0.15) is 0 Å². The second kappa shape index (κ2) is 9.92. The van der Waals surface area contributed by atoms with Crippen LogP contribution in [0.1, 0.15) is 65.1 Å². The van der Waals surface area contributed by atoms with Crippen LogP contribution >= 0.6 is 0 Å². The number of H-pyrrole nitrogens is 1. The van der Waals surface area contributed by atoms with Crippen molar-refractivity contribution < 1.29 is 4.79 Å². The van der Waals surface area contributed by atoms with Gasteiger partial charge >= 0.3 is 0 Å². The molecule has 0 saturated carbocycles. The van der Waals surface area contributed by atoms with E-state index >= 15 is 0 Å². The number of hydrogen-bond donors (Lipinski definition) is 3. The fourth-order valence-corrected chi connectivity index (χ4v) is 4.80. The number of nitrogens with one attached hydrogen (secondary N) is 2. The predicted octanol–water partition coefficient (Wildman–Crippen LogP) is 5.15. The Morgan fingerprint density at radius 3 is 2.57 bits per heavy atom. The average molecular weight is 471 g/mol. The van der Waals surface area contributed by atoms with Gasteiger partial charge in [0.05, 0.1) is 0 Å². The number of fused-ring (bicyclic) bond motifs is 1. The first-order valence-corrected chi connectivity index (χ1v) is 12.2. The van der Waals surface area contributed by atoms with Crippen LogP contribution in [0.25, 0.3) is 22.0 Å². The number of carbonyl (C=O) groups is 1. The van der Waals surface area contributed by atoms with Crippen molar-refractivity contribution in [1.82, 2.24) is 14.9 Å². The SMILES string of the molecule is CCc1cc(C)[nH]c(=O)c1CNC(=O)c1cc(-c2cccc(CN)c2)cc2c1c(C)cn2C(C)C.